The second-order valence-corrected chi connectivity index (χ2v) is 12.4. The largest absolute Gasteiger partial charge is 0.493 e. The maximum absolute atomic E-state index is 13.6. The molecule has 0 radical (unpaired) electrons. The number of hydrogen-bond donors (Lipinski definition) is 2. The van der Waals surface area contributed by atoms with Crippen LogP contribution < -0.4 is 23.8 Å². The summed E-state index contributed by atoms with van der Waals surface area (Å²) in [6.45, 7) is 7.89. The number of piperazine rings is 1. The van der Waals surface area contributed by atoms with Gasteiger partial charge in [0.25, 0.3) is 15.9 Å². The first-order chi connectivity index (χ1) is 20.1. The highest BCUT2D eigenvalue weighted by Crippen LogP contribution is 2.41. The highest BCUT2D eigenvalue weighted by molar-refractivity contribution is 7.92. The number of para-hydroxylation sites is 2. The van der Waals surface area contributed by atoms with E-state index in [0.29, 0.717) is 38.3 Å². The Balaban J connectivity index is 1.80. The van der Waals surface area contributed by atoms with Gasteiger partial charge in [-0.25, -0.2) is 8.42 Å². The van der Waals surface area contributed by atoms with E-state index in [1.165, 1.54) is 7.11 Å². The number of methoxy groups -OCH3 is 1. The Morgan fingerprint density at radius 3 is 2.26 bits per heavy atom. The van der Waals surface area contributed by atoms with Crippen molar-refractivity contribution in [3.63, 3.8) is 0 Å². The third-order valence-corrected chi connectivity index (χ3v) is 8.01. The summed E-state index contributed by atoms with van der Waals surface area (Å²) in [6.07, 6.45) is 1.10. The van der Waals surface area contributed by atoms with Gasteiger partial charge in [0.05, 0.1) is 18.6 Å². The molecule has 12 nitrogen and oxygen atoms in total. The van der Waals surface area contributed by atoms with Gasteiger partial charge in [0.15, 0.2) is 17.3 Å². The van der Waals surface area contributed by atoms with Gasteiger partial charge in [-0.2, -0.15) is 9.97 Å². The Labute approximate surface area is 246 Å². The van der Waals surface area contributed by atoms with Crippen LogP contribution in [0.3, 0.4) is 0 Å². The average molecular weight is 600 g/mol. The zero-order valence-electron chi connectivity index (χ0n) is 24.2. The molecule has 1 amide bonds. The third-order valence-electron chi connectivity index (χ3n) is 6.65. The number of anilines is 2. The highest BCUT2D eigenvalue weighted by atomic mass is 32.2. The lowest BCUT2D eigenvalue weighted by Gasteiger charge is -2.33. The van der Waals surface area contributed by atoms with E-state index in [9.17, 15) is 18.3 Å². The summed E-state index contributed by atoms with van der Waals surface area (Å²) < 4.78 is 47.4. The zero-order chi connectivity index (χ0) is 30.3. The van der Waals surface area contributed by atoms with Crippen molar-refractivity contribution < 1.29 is 32.5 Å². The maximum Gasteiger partial charge on any atom is 0.265 e. The van der Waals surface area contributed by atoms with Gasteiger partial charge in [-0.15, -0.1) is 0 Å². The van der Waals surface area contributed by atoms with Gasteiger partial charge in [-0.1, -0.05) is 45.0 Å². The number of aromatic nitrogens is 2. The molecule has 0 saturated carbocycles. The number of sulfonamides is 1. The number of rotatable bonds is 12. The van der Waals surface area contributed by atoms with Crippen molar-refractivity contribution in [1.82, 2.24) is 14.9 Å². The molecule has 4 rings (SSSR count). The fourth-order valence-electron chi connectivity index (χ4n) is 4.21. The van der Waals surface area contributed by atoms with Gasteiger partial charge < -0.3 is 29.1 Å². The highest BCUT2D eigenvalue weighted by Gasteiger charge is 2.28. The molecule has 1 aromatic heterocycles. The smallest absolute Gasteiger partial charge is 0.265 e. The molecule has 0 spiro atoms. The van der Waals surface area contributed by atoms with Gasteiger partial charge >= 0.3 is 0 Å². The fraction of sp³-hybridized carbons (Fsp3) is 0.414. The Morgan fingerprint density at radius 2 is 1.67 bits per heavy atom. The van der Waals surface area contributed by atoms with Crippen LogP contribution in [0.4, 0.5) is 11.8 Å². The minimum atomic E-state index is -4.13. The number of carbonyl (C=O) groups is 1. The maximum atomic E-state index is 13.6. The topological polar surface area (TPSA) is 143 Å². The minimum absolute atomic E-state index is 0.0158. The lowest BCUT2D eigenvalue weighted by atomic mass is 9.87. The molecule has 3 aromatic rings. The third kappa shape index (κ3) is 7.39. The van der Waals surface area contributed by atoms with E-state index >= 15 is 0 Å². The lowest BCUT2D eigenvalue weighted by molar-refractivity contribution is -0.118. The molecule has 2 heterocycles. The summed E-state index contributed by atoms with van der Waals surface area (Å²) >= 11 is 0. The number of carbonyl (C=O) groups excluding carboxylic acids is 1. The van der Waals surface area contributed by atoms with E-state index in [0.717, 1.165) is 12.0 Å². The summed E-state index contributed by atoms with van der Waals surface area (Å²) in [7, 11) is -2.64. The monoisotopic (exact) mass is 599 g/mol. The van der Waals surface area contributed by atoms with Crippen molar-refractivity contribution in [2.45, 2.75) is 37.5 Å². The summed E-state index contributed by atoms with van der Waals surface area (Å²) in [5.74, 6) is 0.674. The second-order valence-electron chi connectivity index (χ2n) is 10.7. The SMILES string of the molecule is COc1ccccc1Oc1c(NS(=O)(=O)c2ccc(C(C)(C)C)cc2)nc(N2CCN(C=O)CC2)nc1OCCCO. The molecular formula is C29H37N5O7S. The summed E-state index contributed by atoms with van der Waals surface area (Å²) in [6, 6.07) is 13.5. The van der Waals surface area contributed by atoms with Crippen LogP contribution in [0.15, 0.2) is 53.4 Å². The standard InChI is InChI=1S/C29H37N5O7S/c1-29(2,3)21-10-12-22(13-11-21)42(37,38)32-26-25(41-24-9-6-5-8-23(24)39-4)27(40-19-7-18-35)31-28(30-26)34-16-14-33(20-36)15-17-34/h5-6,8-13,20,35H,7,14-19H2,1-4H3,(H,30,31,32). The Kier molecular flexibility index (Phi) is 9.74. The van der Waals surface area contributed by atoms with E-state index in [-0.39, 0.29) is 52.7 Å². The molecule has 13 heteroatoms. The lowest BCUT2D eigenvalue weighted by Crippen LogP contribution is -2.46. The number of aliphatic hydroxyl groups excluding tert-OH is 1. The molecule has 1 fully saturated rings. The first-order valence-electron chi connectivity index (χ1n) is 13.6. The Bertz CT molecular complexity index is 1470. The van der Waals surface area contributed by atoms with Crippen LogP contribution in [-0.4, -0.2) is 81.3 Å². The summed E-state index contributed by atoms with van der Waals surface area (Å²) in [5.41, 5.74) is 0.835. The molecule has 0 aliphatic carbocycles. The van der Waals surface area contributed by atoms with E-state index in [2.05, 4.69) is 14.7 Å². The Hall–Kier alpha value is -4.10. The van der Waals surface area contributed by atoms with Gasteiger partial charge in [-0.05, 0) is 35.2 Å². The molecule has 226 valence electrons. The van der Waals surface area contributed by atoms with Crippen LogP contribution in [0, 0.1) is 0 Å². The zero-order valence-corrected chi connectivity index (χ0v) is 25.1. The first kappa shape index (κ1) is 30.8. The van der Waals surface area contributed by atoms with Gasteiger partial charge in [0, 0.05) is 39.2 Å². The van der Waals surface area contributed by atoms with E-state index in [1.807, 2.05) is 25.7 Å². The average Bonchev–Trinajstić information content (AvgIpc) is 2.98. The first-order valence-corrected chi connectivity index (χ1v) is 15.1. The van der Waals surface area contributed by atoms with Gasteiger partial charge in [0.2, 0.25) is 18.1 Å². The predicted molar refractivity (Wildman–Crippen MR) is 158 cm³/mol. The van der Waals surface area contributed by atoms with Crippen molar-refractivity contribution in [2.75, 3.05) is 56.1 Å². The molecule has 2 aromatic carbocycles. The number of nitrogens with one attached hydrogen (secondary N) is 1. The van der Waals surface area contributed by atoms with Crippen LogP contribution in [0.2, 0.25) is 0 Å². The van der Waals surface area contributed by atoms with Crippen molar-refractivity contribution in [2.24, 2.45) is 0 Å². The van der Waals surface area contributed by atoms with E-state index in [1.54, 1.807) is 53.4 Å². The molecule has 1 aliphatic heterocycles. The normalized spacial score (nSPS) is 13.9. The number of aliphatic hydroxyl groups is 1. The van der Waals surface area contributed by atoms with Gasteiger partial charge in [-0.3, -0.25) is 9.52 Å². The molecule has 0 unspecified atom stereocenters. The van der Waals surface area contributed by atoms with Crippen molar-refractivity contribution in [1.29, 1.82) is 0 Å². The van der Waals surface area contributed by atoms with Crippen LogP contribution >= 0.6 is 0 Å². The molecular weight excluding hydrogens is 562 g/mol. The minimum Gasteiger partial charge on any atom is -0.493 e. The molecule has 2 N–H and O–H groups in total. The van der Waals surface area contributed by atoms with Crippen LogP contribution in [-0.2, 0) is 20.2 Å². The number of nitrogens with zero attached hydrogens (tertiary/aromatic N) is 4. The summed E-state index contributed by atoms with van der Waals surface area (Å²) in [4.78, 5) is 23.9. The number of hydrogen-bond acceptors (Lipinski definition) is 10. The molecule has 1 aliphatic rings. The number of amides is 1. The molecule has 1 saturated heterocycles. The Morgan fingerprint density at radius 1 is 1.00 bits per heavy atom. The van der Waals surface area contributed by atoms with Crippen molar-refractivity contribution >= 4 is 28.2 Å². The number of ether oxygens (including phenoxy) is 3. The number of benzene rings is 2. The fourth-order valence-corrected chi connectivity index (χ4v) is 5.22. The van der Waals surface area contributed by atoms with E-state index in [4.69, 9.17) is 14.2 Å². The van der Waals surface area contributed by atoms with Crippen LogP contribution in [0.1, 0.15) is 32.8 Å². The molecule has 0 atom stereocenters. The van der Waals surface area contributed by atoms with Crippen LogP contribution in [0.5, 0.6) is 23.1 Å². The second kappa shape index (κ2) is 13.3. The summed E-state index contributed by atoms with van der Waals surface area (Å²) in [5, 5.41) is 9.33. The van der Waals surface area contributed by atoms with Crippen molar-refractivity contribution in [3.8, 4) is 23.1 Å². The quantitative estimate of drug-likeness (QED) is 0.235. The molecule has 0 bridgehead atoms. The predicted octanol–water partition coefficient (Wildman–Crippen LogP) is 3.42. The van der Waals surface area contributed by atoms with E-state index < -0.39 is 10.0 Å². The van der Waals surface area contributed by atoms with Crippen LogP contribution in [0.25, 0.3) is 0 Å². The van der Waals surface area contributed by atoms with Crippen molar-refractivity contribution in [3.05, 3.63) is 54.1 Å². The molecule has 42 heavy (non-hydrogen) atoms. The van der Waals surface area contributed by atoms with Gasteiger partial charge in [0.1, 0.15) is 0 Å².